The number of nitrogens with one attached hydrogen (secondary N) is 1. The van der Waals surface area contributed by atoms with Crippen molar-refractivity contribution in [3.8, 4) is 11.3 Å². The molecule has 0 aliphatic rings. The molecule has 1 N–H and O–H groups in total. The van der Waals surface area contributed by atoms with E-state index >= 15 is 0 Å². The van der Waals surface area contributed by atoms with E-state index in [1.165, 1.54) is 0 Å². The lowest BCUT2D eigenvalue weighted by Gasteiger charge is -1.99. The van der Waals surface area contributed by atoms with Crippen molar-refractivity contribution in [3.63, 3.8) is 0 Å². The third kappa shape index (κ3) is 3.39. The Morgan fingerprint density at radius 3 is 2.38 bits per heavy atom. The van der Waals surface area contributed by atoms with Gasteiger partial charge in [0.2, 0.25) is 0 Å². The monoisotopic (exact) mass is 288 g/mol. The minimum Gasteiger partial charge on any atom is -0.313 e. The summed E-state index contributed by atoms with van der Waals surface area (Å²) < 4.78 is 2.01. The number of imidazole rings is 1. The van der Waals surface area contributed by atoms with Crippen molar-refractivity contribution < 1.29 is 0 Å². The molecular formula is C15H24N6. The summed E-state index contributed by atoms with van der Waals surface area (Å²) in [6, 6.07) is 0. The van der Waals surface area contributed by atoms with Crippen LogP contribution >= 0.6 is 0 Å². The number of aromatic nitrogens is 5. The maximum absolute atomic E-state index is 4.37. The Morgan fingerprint density at radius 2 is 1.76 bits per heavy atom. The SMILES string of the molecule is CC.CC.CNn1cc(-c2cnc3c(C)nccn23)cn1. The number of hydrogen-bond acceptors (Lipinski definition) is 4. The summed E-state index contributed by atoms with van der Waals surface area (Å²) in [6.07, 6.45) is 9.23. The number of aryl methyl sites for hydroxylation is 1. The van der Waals surface area contributed by atoms with Crippen LogP contribution in [0.2, 0.25) is 0 Å². The summed E-state index contributed by atoms with van der Waals surface area (Å²) in [7, 11) is 1.82. The third-order valence-electron chi connectivity index (χ3n) is 2.71. The van der Waals surface area contributed by atoms with Gasteiger partial charge in [-0.1, -0.05) is 27.7 Å². The molecule has 6 heteroatoms. The molecule has 3 rings (SSSR count). The topological polar surface area (TPSA) is 60.0 Å². The van der Waals surface area contributed by atoms with Crippen molar-refractivity contribution in [1.82, 2.24) is 24.3 Å². The molecule has 0 unspecified atom stereocenters. The zero-order chi connectivity index (χ0) is 15.8. The highest BCUT2D eigenvalue weighted by Crippen LogP contribution is 2.20. The van der Waals surface area contributed by atoms with Crippen LogP contribution in [-0.2, 0) is 0 Å². The third-order valence-corrected chi connectivity index (χ3v) is 2.71. The first-order valence-corrected chi connectivity index (χ1v) is 7.31. The molecule has 3 heterocycles. The van der Waals surface area contributed by atoms with Gasteiger partial charge in [-0.25, -0.2) is 4.98 Å². The van der Waals surface area contributed by atoms with Gasteiger partial charge in [0.15, 0.2) is 5.65 Å². The van der Waals surface area contributed by atoms with Gasteiger partial charge in [0.1, 0.15) is 0 Å². The first-order valence-electron chi connectivity index (χ1n) is 7.31. The van der Waals surface area contributed by atoms with Gasteiger partial charge in [-0.15, -0.1) is 0 Å². The Hall–Kier alpha value is -2.37. The highest BCUT2D eigenvalue weighted by Gasteiger charge is 2.09. The average molecular weight is 288 g/mol. The predicted octanol–water partition coefficient (Wildman–Crippen LogP) is 3.13. The van der Waals surface area contributed by atoms with Crippen molar-refractivity contribution in [2.45, 2.75) is 34.6 Å². The molecule has 0 aliphatic heterocycles. The van der Waals surface area contributed by atoms with E-state index in [4.69, 9.17) is 0 Å². The molecule has 0 aromatic carbocycles. The lowest BCUT2D eigenvalue weighted by atomic mass is 10.3. The van der Waals surface area contributed by atoms with E-state index in [0.29, 0.717) is 0 Å². The molecule has 0 bridgehead atoms. The Bertz CT molecular complexity index is 668. The van der Waals surface area contributed by atoms with Crippen LogP contribution in [0.5, 0.6) is 0 Å². The normalized spacial score (nSPS) is 9.43. The average Bonchev–Trinajstić information content (AvgIpc) is 3.18. The van der Waals surface area contributed by atoms with E-state index in [1.807, 2.05) is 64.7 Å². The number of fused-ring (bicyclic) bond motifs is 1. The second-order valence-electron chi connectivity index (χ2n) is 3.75. The van der Waals surface area contributed by atoms with Gasteiger partial charge < -0.3 is 5.43 Å². The fourth-order valence-electron chi connectivity index (χ4n) is 1.84. The maximum Gasteiger partial charge on any atom is 0.158 e. The van der Waals surface area contributed by atoms with Crippen LogP contribution in [0, 0.1) is 6.92 Å². The molecule has 114 valence electrons. The van der Waals surface area contributed by atoms with E-state index in [-0.39, 0.29) is 0 Å². The lowest BCUT2D eigenvalue weighted by molar-refractivity contribution is 0.782. The summed E-state index contributed by atoms with van der Waals surface area (Å²) in [6.45, 7) is 9.95. The van der Waals surface area contributed by atoms with E-state index in [9.17, 15) is 0 Å². The molecule has 0 aliphatic carbocycles. The fraction of sp³-hybridized carbons (Fsp3) is 0.400. The van der Waals surface area contributed by atoms with Gasteiger partial charge in [0, 0.05) is 25.0 Å². The maximum atomic E-state index is 4.37. The molecule has 0 radical (unpaired) electrons. The van der Waals surface area contributed by atoms with Crippen LogP contribution in [-0.4, -0.2) is 31.3 Å². The molecule has 0 atom stereocenters. The van der Waals surface area contributed by atoms with Crippen LogP contribution in [0.25, 0.3) is 16.9 Å². The molecule has 3 aromatic rings. The summed E-state index contributed by atoms with van der Waals surface area (Å²) in [5.74, 6) is 0. The molecule has 0 spiro atoms. The van der Waals surface area contributed by atoms with E-state index < -0.39 is 0 Å². The molecule has 0 fully saturated rings. The van der Waals surface area contributed by atoms with Gasteiger partial charge in [-0.2, -0.15) is 9.89 Å². The Labute approximate surface area is 125 Å². The molecule has 3 aromatic heterocycles. The quantitative estimate of drug-likeness (QED) is 0.787. The van der Waals surface area contributed by atoms with Gasteiger partial charge in [0.05, 0.1) is 30.0 Å². The van der Waals surface area contributed by atoms with Gasteiger partial charge >= 0.3 is 0 Å². The minimum absolute atomic E-state index is 0.875. The standard InChI is InChI=1S/C11H12N6.2C2H6/c1-8-11-14-6-10(16(11)4-3-13-8)9-5-15-17(7-9)12-2;2*1-2/h3-7,12H,1-2H3;2*1-2H3. The fourth-order valence-corrected chi connectivity index (χ4v) is 1.84. The van der Waals surface area contributed by atoms with Crippen LogP contribution < -0.4 is 5.43 Å². The van der Waals surface area contributed by atoms with E-state index in [2.05, 4.69) is 20.5 Å². The second-order valence-corrected chi connectivity index (χ2v) is 3.75. The molecular weight excluding hydrogens is 264 g/mol. The molecule has 0 saturated heterocycles. The zero-order valence-electron chi connectivity index (χ0n) is 13.6. The Balaban J connectivity index is 0.000000510. The number of nitrogens with zero attached hydrogens (tertiary/aromatic N) is 5. The van der Waals surface area contributed by atoms with Crippen LogP contribution in [0.3, 0.4) is 0 Å². The van der Waals surface area contributed by atoms with E-state index in [1.54, 1.807) is 17.2 Å². The van der Waals surface area contributed by atoms with Crippen molar-refractivity contribution in [3.05, 3.63) is 36.7 Å². The van der Waals surface area contributed by atoms with Crippen LogP contribution in [0.1, 0.15) is 33.4 Å². The molecule has 6 nitrogen and oxygen atoms in total. The van der Waals surface area contributed by atoms with Crippen molar-refractivity contribution in [2.24, 2.45) is 0 Å². The first kappa shape index (κ1) is 16.7. The van der Waals surface area contributed by atoms with Gasteiger partial charge in [-0.3, -0.25) is 9.38 Å². The largest absolute Gasteiger partial charge is 0.313 e. The van der Waals surface area contributed by atoms with Gasteiger partial charge in [0.25, 0.3) is 0 Å². The van der Waals surface area contributed by atoms with Crippen LogP contribution in [0.15, 0.2) is 31.0 Å². The Morgan fingerprint density at radius 1 is 1.05 bits per heavy atom. The number of rotatable bonds is 2. The van der Waals surface area contributed by atoms with Crippen molar-refractivity contribution in [2.75, 3.05) is 12.5 Å². The molecule has 0 saturated carbocycles. The number of hydrogen-bond donors (Lipinski definition) is 1. The lowest BCUT2D eigenvalue weighted by Crippen LogP contribution is -2.08. The predicted molar refractivity (Wildman–Crippen MR) is 86.9 cm³/mol. The summed E-state index contributed by atoms with van der Waals surface area (Å²) >= 11 is 0. The summed E-state index contributed by atoms with van der Waals surface area (Å²) in [5, 5.41) is 4.17. The summed E-state index contributed by atoms with van der Waals surface area (Å²) in [4.78, 5) is 10.2. The highest BCUT2D eigenvalue weighted by atomic mass is 15.5. The first-order chi connectivity index (χ1) is 10.3. The molecule has 21 heavy (non-hydrogen) atoms. The second kappa shape index (κ2) is 8.04. The highest BCUT2D eigenvalue weighted by molar-refractivity contribution is 5.63. The van der Waals surface area contributed by atoms with Crippen molar-refractivity contribution >= 4 is 5.65 Å². The van der Waals surface area contributed by atoms with E-state index in [0.717, 1.165) is 22.6 Å². The Kier molecular flexibility index (Phi) is 6.39. The summed E-state index contributed by atoms with van der Waals surface area (Å²) in [5.41, 5.74) is 6.74. The minimum atomic E-state index is 0.875. The molecule has 0 amide bonds. The van der Waals surface area contributed by atoms with Gasteiger partial charge in [-0.05, 0) is 6.92 Å². The zero-order valence-corrected chi connectivity index (χ0v) is 13.6. The smallest absolute Gasteiger partial charge is 0.158 e. The van der Waals surface area contributed by atoms with Crippen molar-refractivity contribution in [1.29, 1.82) is 0 Å². The van der Waals surface area contributed by atoms with Crippen LogP contribution in [0.4, 0.5) is 0 Å².